The Hall–Kier alpha value is -4.42. The Kier molecular flexibility index (Phi) is 6.18. The molecule has 0 bridgehead atoms. The molecular weight excluding hydrogens is 497 g/mol. The van der Waals surface area contributed by atoms with Crippen LogP contribution in [0.15, 0.2) is 55.0 Å². The van der Waals surface area contributed by atoms with E-state index >= 15 is 0 Å². The number of β-amino-alcohol motifs (C(OH)–C–C–N with tert-alkyl or cyclic N) is 1. The zero-order valence-electron chi connectivity index (χ0n) is 19.8. The normalized spacial score (nSPS) is 18.7. The number of nitrogens with one attached hydrogen (secondary N) is 3. The van der Waals surface area contributed by atoms with Gasteiger partial charge in [0.25, 0.3) is 5.95 Å². The Morgan fingerprint density at radius 2 is 1.89 bits per heavy atom. The summed E-state index contributed by atoms with van der Waals surface area (Å²) in [6, 6.07) is 3.39. The SMILES string of the molecule is OC1CNCCC1Nc1nc(-c2ccnc(Nc3nc(F)c(F)cc3F)c2)nc2cncc(C3=CC=C3)c12. The Balaban J connectivity index is 1.42. The van der Waals surface area contributed by atoms with Crippen molar-refractivity contribution < 1.29 is 18.3 Å². The lowest BCUT2D eigenvalue weighted by molar-refractivity contribution is 0.128. The first kappa shape index (κ1) is 23.9. The number of nitrogens with zero attached hydrogens (tertiary/aromatic N) is 5. The number of aliphatic hydroxyl groups is 1. The van der Waals surface area contributed by atoms with Gasteiger partial charge < -0.3 is 21.1 Å². The van der Waals surface area contributed by atoms with Crippen LogP contribution in [-0.4, -0.2) is 55.3 Å². The van der Waals surface area contributed by atoms with Crippen molar-refractivity contribution in [1.29, 1.82) is 0 Å². The van der Waals surface area contributed by atoms with E-state index in [1.165, 1.54) is 6.20 Å². The molecule has 0 aromatic carbocycles. The molecule has 0 saturated carbocycles. The summed E-state index contributed by atoms with van der Waals surface area (Å²) in [5.74, 6) is -3.41. The zero-order chi connectivity index (χ0) is 26.2. The second kappa shape index (κ2) is 9.80. The van der Waals surface area contributed by atoms with Gasteiger partial charge in [-0.3, -0.25) is 4.98 Å². The average Bonchev–Trinajstić information content (AvgIpc) is 2.88. The number of fused-ring (bicyclic) bond motifs is 1. The van der Waals surface area contributed by atoms with Gasteiger partial charge in [0, 0.05) is 36.1 Å². The number of hydrogen-bond donors (Lipinski definition) is 4. The van der Waals surface area contributed by atoms with Crippen molar-refractivity contribution >= 4 is 33.9 Å². The van der Waals surface area contributed by atoms with E-state index < -0.39 is 29.5 Å². The van der Waals surface area contributed by atoms with E-state index in [9.17, 15) is 18.3 Å². The minimum absolute atomic E-state index is 0.128. The molecule has 2 aliphatic rings. The molecule has 2 unspecified atom stereocenters. The topological polar surface area (TPSA) is 121 Å². The van der Waals surface area contributed by atoms with Crippen LogP contribution in [0.5, 0.6) is 0 Å². The molecule has 0 radical (unpaired) electrons. The molecule has 1 fully saturated rings. The number of aromatic nitrogens is 5. The number of aliphatic hydroxyl groups excluding tert-OH is 1. The second-order valence-electron chi connectivity index (χ2n) is 8.92. The molecule has 1 aliphatic carbocycles. The van der Waals surface area contributed by atoms with Gasteiger partial charge in [0.2, 0.25) is 0 Å². The van der Waals surface area contributed by atoms with Crippen LogP contribution in [0.3, 0.4) is 0 Å². The molecule has 4 aromatic rings. The Morgan fingerprint density at radius 1 is 1.03 bits per heavy atom. The summed E-state index contributed by atoms with van der Waals surface area (Å²) < 4.78 is 41.0. The van der Waals surface area contributed by atoms with Gasteiger partial charge in [0.1, 0.15) is 11.6 Å². The maximum atomic E-state index is 14.1. The highest BCUT2D eigenvalue weighted by Gasteiger charge is 2.25. The Bertz CT molecular complexity index is 1610. The summed E-state index contributed by atoms with van der Waals surface area (Å²) in [5.41, 5.74) is 2.96. The third-order valence-electron chi connectivity index (χ3n) is 6.39. The summed E-state index contributed by atoms with van der Waals surface area (Å²) in [4.78, 5) is 21.3. The molecular formula is C26H21F3N8O. The van der Waals surface area contributed by atoms with Gasteiger partial charge in [-0.1, -0.05) is 18.2 Å². The highest BCUT2D eigenvalue weighted by Crippen LogP contribution is 2.34. The van der Waals surface area contributed by atoms with Crippen molar-refractivity contribution in [2.75, 3.05) is 23.7 Å². The van der Waals surface area contributed by atoms with Crippen molar-refractivity contribution in [3.63, 3.8) is 0 Å². The van der Waals surface area contributed by atoms with Crippen molar-refractivity contribution in [2.45, 2.75) is 18.6 Å². The Morgan fingerprint density at radius 3 is 2.68 bits per heavy atom. The molecule has 4 aromatic heterocycles. The van der Waals surface area contributed by atoms with Crippen LogP contribution in [-0.2, 0) is 0 Å². The van der Waals surface area contributed by atoms with Gasteiger partial charge in [-0.2, -0.15) is 9.37 Å². The van der Waals surface area contributed by atoms with E-state index in [1.807, 2.05) is 18.2 Å². The van der Waals surface area contributed by atoms with Crippen molar-refractivity contribution in [3.8, 4) is 11.4 Å². The number of halogens is 3. The average molecular weight is 519 g/mol. The summed E-state index contributed by atoms with van der Waals surface area (Å²) in [6.07, 6.45) is 10.8. The second-order valence-corrected chi connectivity index (χ2v) is 8.92. The first-order valence-electron chi connectivity index (χ1n) is 11.9. The Labute approximate surface area is 214 Å². The zero-order valence-corrected chi connectivity index (χ0v) is 19.8. The summed E-state index contributed by atoms with van der Waals surface area (Å²) in [7, 11) is 0. The molecule has 192 valence electrons. The van der Waals surface area contributed by atoms with Crippen LogP contribution in [0.2, 0.25) is 0 Å². The van der Waals surface area contributed by atoms with E-state index in [2.05, 4.69) is 30.9 Å². The van der Waals surface area contributed by atoms with Crippen molar-refractivity contribution in [3.05, 3.63) is 78.2 Å². The molecule has 5 heterocycles. The van der Waals surface area contributed by atoms with Crippen molar-refractivity contribution in [1.82, 2.24) is 30.2 Å². The third-order valence-corrected chi connectivity index (χ3v) is 6.39. The number of pyridine rings is 3. The van der Waals surface area contributed by atoms with Gasteiger partial charge >= 0.3 is 0 Å². The summed E-state index contributed by atoms with van der Waals surface area (Å²) in [6.45, 7) is 1.21. The molecule has 1 aliphatic heterocycles. The monoisotopic (exact) mass is 518 g/mol. The van der Waals surface area contributed by atoms with Crippen LogP contribution in [0.25, 0.3) is 27.9 Å². The number of piperidine rings is 1. The maximum Gasteiger partial charge on any atom is 0.251 e. The van der Waals surface area contributed by atoms with Crippen LogP contribution in [0.4, 0.5) is 30.6 Å². The van der Waals surface area contributed by atoms with Gasteiger partial charge in [-0.05, 0) is 30.7 Å². The fourth-order valence-corrected chi connectivity index (χ4v) is 4.39. The van der Waals surface area contributed by atoms with E-state index in [0.717, 1.165) is 23.1 Å². The van der Waals surface area contributed by atoms with E-state index in [0.29, 0.717) is 41.8 Å². The van der Waals surface area contributed by atoms with E-state index in [1.54, 1.807) is 24.5 Å². The molecule has 2 atom stereocenters. The fourth-order valence-electron chi connectivity index (χ4n) is 4.39. The number of hydrogen-bond acceptors (Lipinski definition) is 9. The number of allylic oxidation sites excluding steroid dienone is 4. The van der Waals surface area contributed by atoms with Gasteiger partial charge in [0.05, 0.1) is 29.2 Å². The number of anilines is 3. The van der Waals surface area contributed by atoms with Gasteiger partial charge in [-0.15, -0.1) is 0 Å². The van der Waals surface area contributed by atoms with E-state index in [4.69, 9.17) is 9.97 Å². The standard InChI is InChI=1S/C26H21F3N8O/c27-16-9-17(28)25(36-23(16)29)35-21-8-14(4-7-32-21)24-34-19-11-31-10-15(13-2-1-3-13)22(19)26(37-24)33-18-5-6-30-12-20(18)38/h1-4,7-11,18,20,30,38H,5-6,12H2,(H,32,35,36)(H,33,34,37). The van der Waals surface area contributed by atoms with Gasteiger partial charge in [-0.25, -0.2) is 23.7 Å². The van der Waals surface area contributed by atoms with Crippen LogP contribution < -0.4 is 16.0 Å². The summed E-state index contributed by atoms with van der Waals surface area (Å²) in [5, 5.41) is 20.5. The van der Waals surface area contributed by atoms with E-state index in [-0.39, 0.29) is 11.9 Å². The highest BCUT2D eigenvalue weighted by molar-refractivity contribution is 6.02. The minimum atomic E-state index is -1.43. The molecule has 6 rings (SSSR count). The minimum Gasteiger partial charge on any atom is -0.390 e. The fraction of sp³-hybridized carbons (Fsp3) is 0.192. The largest absolute Gasteiger partial charge is 0.390 e. The maximum absolute atomic E-state index is 14.1. The molecule has 1 saturated heterocycles. The lowest BCUT2D eigenvalue weighted by Gasteiger charge is -2.30. The predicted molar refractivity (Wildman–Crippen MR) is 136 cm³/mol. The smallest absolute Gasteiger partial charge is 0.251 e. The first-order valence-corrected chi connectivity index (χ1v) is 11.9. The molecule has 9 nitrogen and oxygen atoms in total. The summed E-state index contributed by atoms with van der Waals surface area (Å²) >= 11 is 0. The molecule has 4 N–H and O–H groups in total. The lowest BCUT2D eigenvalue weighted by Crippen LogP contribution is -2.47. The first-order chi connectivity index (χ1) is 18.5. The van der Waals surface area contributed by atoms with Crippen molar-refractivity contribution in [2.24, 2.45) is 0 Å². The molecule has 0 amide bonds. The molecule has 0 spiro atoms. The predicted octanol–water partition coefficient (Wildman–Crippen LogP) is 3.73. The quantitative estimate of drug-likeness (QED) is 0.283. The highest BCUT2D eigenvalue weighted by atomic mass is 19.2. The molecule has 12 heteroatoms. The number of rotatable bonds is 6. The molecule has 38 heavy (non-hydrogen) atoms. The third kappa shape index (κ3) is 4.55. The van der Waals surface area contributed by atoms with Crippen LogP contribution in [0, 0.1) is 17.6 Å². The lowest BCUT2D eigenvalue weighted by atomic mass is 9.97. The van der Waals surface area contributed by atoms with Gasteiger partial charge in [0.15, 0.2) is 23.3 Å². The van der Waals surface area contributed by atoms with Crippen LogP contribution >= 0.6 is 0 Å². The van der Waals surface area contributed by atoms with Crippen LogP contribution in [0.1, 0.15) is 12.0 Å².